The zero-order valence-electron chi connectivity index (χ0n) is 11.3. The Morgan fingerprint density at radius 2 is 1.60 bits per heavy atom. The topological polar surface area (TPSA) is 37.3 Å². The molecule has 0 amide bonds. The molecule has 0 fully saturated rings. The summed E-state index contributed by atoms with van der Waals surface area (Å²) in [6.45, 7) is 0. The van der Waals surface area contributed by atoms with E-state index < -0.39 is 6.10 Å². The Kier molecular flexibility index (Phi) is 5.27. The number of aryl methyl sites for hydroxylation is 1. The Labute approximate surface area is 119 Å². The van der Waals surface area contributed by atoms with E-state index in [-0.39, 0.29) is 5.78 Å². The largest absolute Gasteiger partial charge is 0.384 e. The second kappa shape index (κ2) is 7.41. The minimum Gasteiger partial charge on any atom is -0.384 e. The van der Waals surface area contributed by atoms with E-state index in [1.54, 1.807) is 6.08 Å². The van der Waals surface area contributed by atoms with Gasteiger partial charge in [0, 0.05) is 6.42 Å². The van der Waals surface area contributed by atoms with Gasteiger partial charge in [0.25, 0.3) is 0 Å². The van der Waals surface area contributed by atoms with Crippen molar-refractivity contribution >= 4 is 5.78 Å². The third kappa shape index (κ3) is 4.48. The van der Waals surface area contributed by atoms with Crippen LogP contribution in [0.2, 0.25) is 0 Å². The number of ketones is 1. The number of hydrogen-bond donors (Lipinski definition) is 1. The molecule has 0 aliphatic heterocycles. The molecule has 1 N–H and O–H groups in total. The summed E-state index contributed by atoms with van der Waals surface area (Å²) in [5.74, 6) is 0.0313. The molecular weight excluding hydrogens is 248 g/mol. The van der Waals surface area contributed by atoms with Crippen LogP contribution >= 0.6 is 0 Å². The first kappa shape index (κ1) is 14.2. The Morgan fingerprint density at radius 1 is 1.00 bits per heavy atom. The van der Waals surface area contributed by atoms with Crippen LogP contribution in [0.5, 0.6) is 0 Å². The molecule has 2 nitrogen and oxygen atoms in total. The first-order chi connectivity index (χ1) is 9.75. The minimum absolute atomic E-state index is 0.0313. The highest BCUT2D eigenvalue weighted by Gasteiger charge is 2.03. The standard InChI is InChI=1S/C18H18O2/c19-17(12-11-15-7-3-1-4-8-15)13-14-18(20)16-9-5-2-6-10-16/h1-10,13-14,18,20H,11-12H2/b14-13+. The van der Waals surface area contributed by atoms with Crippen molar-refractivity contribution in [1.82, 2.24) is 0 Å². The highest BCUT2D eigenvalue weighted by atomic mass is 16.3. The molecule has 102 valence electrons. The molecule has 2 rings (SSSR count). The normalized spacial score (nSPS) is 12.4. The molecule has 1 atom stereocenters. The number of allylic oxidation sites excluding steroid dienone is 1. The summed E-state index contributed by atoms with van der Waals surface area (Å²) in [6.07, 6.45) is 3.48. The molecule has 2 aromatic rings. The number of carbonyl (C=O) groups excluding carboxylic acids is 1. The highest BCUT2D eigenvalue weighted by Crippen LogP contribution is 2.13. The van der Waals surface area contributed by atoms with E-state index in [1.807, 2.05) is 60.7 Å². The van der Waals surface area contributed by atoms with E-state index in [4.69, 9.17) is 0 Å². The zero-order valence-corrected chi connectivity index (χ0v) is 11.3. The van der Waals surface area contributed by atoms with E-state index in [1.165, 1.54) is 6.08 Å². The molecule has 20 heavy (non-hydrogen) atoms. The number of rotatable bonds is 6. The van der Waals surface area contributed by atoms with Crippen molar-refractivity contribution < 1.29 is 9.90 Å². The molecule has 0 aromatic heterocycles. The first-order valence-electron chi connectivity index (χ1n) is 6.73. The predicted molar refractivity (Wildman–Crippen MR) is 80.3 cm³/mol. The van der Waals surface area contributed by atoms with Gasteiger partial charge in [0.05, 0.1) is 6.10 Å². The molecule has 0 aliphatic carbocycles. The van der Waals surface area contributed by atoms with Crippen molar-refractivity contribution in [1.29, 1.82) is 0 Å². The van der Waals surface area contributed by atoms with Gasteiger partial charge in [0.1, 0.15) is 0 Å². The van der Waals surface area contributed by atoms with Crippen LogP contribution in [0.25, 0.3) is 0 Å². The third-order valence-electron chi connectivity index (χ3n) is 3.11. The molecule has 0 radical (unpaired) electrons. The molecule has 0 bridgehead atoms. The number of aliphatic hydroxyl groups is 1. The van der Waals surface area contributed by atoms with Gasteiger partial charge in [-0.2, -0.15) is 0 Å². The van der Waals surface area contributed by atoms with Crippen molar-refractivity contribution in [3.63, 3.8) is 0 Å². The van der Waals surface area contributed by atoms with E-state index in [0.717, 1.165) is 17.5 Å². The molecule has 0 saturated carbocycles. The SMILES string of the molecule is O=C(/C=C/C(O)c1ccccc1)CCc1ccccc1. The Hall–Kier alpha value is -2.19. The fourth-order valence-electron chi connectivity index (χ4n) is 1.96. The number of benzene rings is 2. The fraction of sp³-hybridized carbons (Fsp3) is 0.167. The van der Waals surface area contributed by atoms with Gasteiger partial charge in [-0.1, -0.05) is 60.7 Å². The molecule has 0 heterocycles. The van der Waals surface area contributed by atoms with E-state index in [0.29, 0.717) is 6.42 Å². The van der Waals surface area contributed by atoms with Crippen molar-refractivity contribution in [3.05, 3.63) is 83.9 Å². The van der Waals surface area contributed by atoms with E-state index in [2.05, 4.69) is 0 Å². The molecule has 2 aromatic carbocycles. The Balaban J connectivity index is 1.84. The van der Waals surface area contributed by atoms with Gasteiger partial charge in [-0.3, -0.25) is 4.79 Å². The summed E-state index contributed by atoms with van der Waals surface area (Å²) < 4.78 is 0. The van der Waals surface area contributed by atoms with Crippen LogP contribution in [0.1, 0.15) is 23.7 Å². The quantitative estimate of drug-likeness (QED) is 0.813. The van der Waals surface area contributed by atoms with Gasteiger partial charge < -0.3 is 5.11 Å². The predicted octanol–water partition coefficient (Wildman–Crippen LogP) is 3.48. The lowest BCUT2D eigenvalue weighted by molar-refractivity contribution is -0.114. The average molecular weight is 266 g/mol. The maximum absolute atomic E-state index is 11.8. The third-order valence-corrected chi connectivity index (χ3v) is 3.11. The maximum Gasteiger partial charge on any atom is 0.155 e. The summed E-state index contributed by atoms with van der Waals surface area (Å²) in [5.41, 5.74) is 1.94. The minimum atomic E-state index is -0.725. The lowest BCUT2D eigenvalue weighted by Crippen LogP contribution is -1.98. The highest BCUT2D eigenvalue weighted by molar-refractivity contribution is 5.89. The summed E-state index contributed by atoms with van der Waals surface area (Å²) in [4.78, 5) is 11.8. The van der Waals surface area contributed by atoms with Gasteiger partial charge in [-0.15, -0.1) is 0 Å². The van der Waals surface area contributed by atoms with Crippen LogP contribution in [0.3, 0.4) is 0 Å². The van der Waals surface area contributed by atoms with Crippen LogP contribution in [-0.2, 0) is 11.2 Å². The average Bonchev–Trinajstić information content (AvgIpc) is 2.52. The number of aliphatic hydroxyl groups excluding tert-OH is 1. The van der Waals surface area contributed by atoms with E-state index in [9.17, 15) is 9.90 Å². The van der Waals surface area contributed by atoms with Gasteiger partial charge in [-0.05, 0) is 29.7 Å². The van der Waals surface area contributed by atoms with Crippen molar-refractivity contribution in [3.8, 4) is 0 Å². The second-order valence-electron chi connectivity index (χ2n) is 4.67. The summed E-state index contributed by atoms with van der Waals surface area (Å²) >= 11 is 0. The number of hydrogen-bond acceptors (Lipinski definition) is 2. The molecule has 2 heteroatoms. The van der Waals surface area contributed by atoms with Gasteiger partial charge >= 0.3 is 0 Å². The molecule has 0 spiro atoms. The maximum atomic E-state index is 11.8. The van der Waals surface area contributed by atoms with Crippen LogP contribution in [-0.4, -0.2) is 10.9 Å². The van der Waals surface area contributed by atoms with Crippen molar-refractivity contribution in [2.45, 2.75) is 18.9 Å². The lowest BCUT2D eigenvalue weighted by Gasteiger charge is -2.04. The first-order valence-corrected chi connectivity index (χ1v) is 6.73. The molecule has 1 unspecified atom stereocenters. The lowest BCUT2D eigenvalue weighted by atomic mass is 10.1. The van der Waals surface area contributed by atoms with Crippen molar-refractivity contribution in [2.24, 2.45) is 0 Å². The summed E-state index contributed by atoms with van der Waals surface area (Å²) in [5, 5.41) is 9.92. The zero-order chi connectivity index (χ0) is 14.2. The number of carbonyl (C=O) groups is 1. The molecule has 0 saturated heterocycles. The second-order valence-corrected chi connectivity index (χ2v) is 4.67. The Bertz CT molecular complexity index is 558. The van der Waals surface area contributed by atoms with Crippen LogP contribution in [0.4, 0.5) is 0 Å². The van der Waals surface area contributed by atoms with Gasteiger partial charge in [-0.25, -0.2) is 0 Å². The van der Waals surface area contributed by atoms with E-state index >= 15 is 0 Å². The summed E-state index contributed by atoms with van der Waals surface area (Å²) in [7, 11) is 0. The Morgan fingerprint density at radius 3 is 2.25 bits per heavy atom. The van der Waals surface area contributed by atoms with Crippen LogP contribution in [0, 0.1) is 0 Å². The monoisotopic (exact) mass is 266 g/mol. The van der Waals surface area contributed by atoms with Gasteiger partial charge in [0.15, 0.2) is 5.78 Å². The summed E-state index contributed by atoms with van der Waals surface area (Å²) in [6, 6.07) is 19.2. The fourth-order valence-corrected chi connectivity index (χ4v) is 1.96. The van der Waals surface area contributed by atoms with Crippen LogP contribution < -0.4 is 0 Å². The van der Waals surface area contributed by atoms with Crippen molar-refractivity contribution in [2.75, 3.05) is 0 Å². The molecule has 0 aliphatic rings. The van der Waals surface area contributed by atoms with Crippen LogP contribution in [0.15, 0.2) is 72.8 Å². The smallest absolute Gasteiger partial charge is 0.155 e. The van der Waals surface area contributed by atoms with Gasteiger partial charge in [0.2, 0.25) is 0 Å². The molecular formula is C18H18O2.